The predicted octanol–water partition coefficient (Wildman–Crippen LogP) is 4.39. The van der Waals surface area contributed by atoms with Gasteiger partial charge in [0.05, 0.1) is 18.0 Å². The monoisotopic (exact) mass is 388 g/mol. The molecule has 0 radical (unpaired) electrons. The van der Waals surface area contributed by atoms with Crippen LogP contribution in [-0.4, -0.2) is 35.8 Å². The van der Waals surface area contributed by atoms with Gasteiger partial charge in [0.15, 0.2) is 5.82 Å². The van der Waals surface area contributed by atoms with Crippen molar-refractivity contribution in [2.45, 2.75) is 19.8 Å². The Labute approximate surface area is 170 Å². The second kappa shape index (κ2) is 8.73. The van der Waals surface area contributed by atoms with Crippen molar-refractivity contribution >= 4 is 17.4 Å². The maximum absolute atomic E-state index is 12.6. The van der Waals surface area contributed by atoms with Crippen molar-refractivity contribution in [2.24, 2.45) is 0 Å². The summed E-state index contributed by atoms with van der Waals surface area (Å²) in [5, 5.41) is 11.6. The van der Waals surface area contributed by atoms with Gasteiger partial charge in [0.1, 0.15) is 5.75 Å². The van der Waals surface area contributed by atoms with Gasteiger partial charge in [-0.3, -0.25) is 4.79 Å². The molecule has 1 aliphatic rings. The van der Waals surface area contributed by atoms with E-state index in [1.165, 1.54) is 12.8 Å². The largest absolute Gasteiger partial charge is 0.492 e. The molecule has 6 nitrogen and oxygen atoms in total. The fourth-order valence-corrected chi connectivity index (χ4v) is 3.43. The van der Waals surface area contributed by atoms with Crippen LogP contribution in [0, 0.1) is 0 Å². The lowest BCUT2D eigenvalue weighted by Crippen LogP contribution is -2.19. The van der Waals surface area contributed by atoms with Crippen LogP contribution in [0.3, 0.4) is 0 Å². The van der Waals surface area contributed by atoms with E-state index in [4.69, 9.17) is 4.74 Å². The van der Waals surface area contributed by atoms with Crippen LogP contribution in [0.4, 0.5) is 11.5 Å². The van der Waals surface area contributed by atoms with Crippen molar-refractivity contribution in [2.75, 3.05) is 29.9 Å². The normalized spacial score (nSPS) is 13.3. The SMILES string of the molecule is CCOc1ccccc1NC(=O)c1ccc(-c2ccc(N3CCCC3)nn2)cc1. The first-order chi connectivity index (χ1) is 14.2. The number of hydrogen-bond donors (Lipinski definition) is 1. The summed E-state index contributed by atoms with van der Waals surface area (Å²) in [5.41, 5.74) is 2.95. The number of benzene rings is 2. The van der Waals surface area contributed by atoms with Crippen molar-refractivity contribution in [3.63, 3.8) is 0 Å². The zero-order valence-electron chi connectivity index (χ0n) is 16.5. The van der Waals surface area contributed by atoms with E-state index in [9.17, 15) is 4.79 Å². The minimum absolute atomic E-state index is 0.181. The highest BCUT2D eigenvalue weighted by atomic mass is 16.5. The van der Waals surface area contributed by atoms with E-state index in [1.54, 1.807) is 12.1 Å². The molecule has 2 aromatic carbocycles. The summed E-state index contributed by atoms with van der Waals surface area (Å²) < 4.78 is 5.56. The van der Waals surface area contributed by atoms with Crippen molar-refractivity contribution in [3.05, 3.63) is 66.2 Å². The number of carbonyl (C=O) groups is 1. The van der Waals surface area contributed by atoms with Crippen LogP contribution in [0.15, 0.2) is 60.7 Å². The summed E-state index contributed by atoms with van der Waals surface area (Å²) in [6.45, 7) is 4.55. The van der Waals surface area contributed by atoms with Gasteiger partial charge in [-0.25, -0.2) is 0 Å². The lowest BCUT2D eigenvalue weighted by atomic mass is 10.1. The number of nitrogens with one attached hydrogen (secondary N) is 1. The van der Waals surface area contributed by atoms with Gasteiger partial charge in [-0.15, -0.1) is 10.2 Å². The second-order valence-corrected chi connectivity index (χ2v) is 6.93. The first kappa shape index (κ1) is 18.9. The predicted molar refractivity (Wildman–Crippen MR) is 114 cm³/mol. The Morgan fingerprint density at radius 1 is 1.00 bits per heavy atom. The minimum Gasteiger partial charge on any atom is -0.492 e. The molecule has 0 aliphatic carbocycles. The highest BCUT2D eigenvalue weighted by Gasteiger charge is 2.14. The number of amides is 1. The Hall–Kier alpha value is -3.41. The summed E-state index contributed by atoms with van der Waals surface area (Å²) in [5.74, 6) is 1.41. The molecule has 1 N–H and O–H groups in total. The molecule has 1 aromatic heterocycles. The third kappa shape index (κ3) is 4.37. The average molecular weight is 388 g/mol. The maximum atomic E-state index is 12.6. The Bertz CT molecular complexity index is 965. The maximum Gasteiger partial charge on any atom is 0.255 e. The fraction of sp³-hybridized carbons (Fsp3) is 0.261. The van der Waals surface area contributed by atoms with E-state index in [2.05, 4.69) is 20.4 Å². The zero-order chi connectivity index (χ0) is 20.1. The molecule has 3 aromatic rings. The van der Waals surface area contributed by atoms with E-state index in [-0.39, 0.29) is 5.91 Å². The molecular weight excluding hydrogens is 364 g/mol. The van der Waals surface area contributed by atoms with Crippen molar-refractivity contribution in [3.8, 4) is 17.0 Å². The molecular formula is C23H24N4O2. The molecule has 1 saturated heterocycles. The molecule has 0 atom stereocenters. The number of carbonyl (C=O) groups excluding carboxylic acids is 1. The molecule has 2 heterocycles. The molecule has 148 valence electrons. The molecule has 6 heteroatoms. The van der Waals surface area contributed by atoms with Crippen LogP contribution >= 0.6 is 0 Å². The lowest BCUT2D eigenvalue weighted by Gasteiger charge is -2.15. The van der Waals surface area contributed by atoms with Crippen LogP contribution in [0.25, 0.3) is 11.3 Å². The van der Waals surface area contributed by atoms with Gasteiger partial charge in [0.25, 0.3) is 5.91 Å². The van der Waals surface area contributed by atoms with Crippen LogP contribution in [0.2, 0.25) is 0 Å². The lowest BCUT2D eigenvalue weighted by molar-refractivity contribution is 0.102. The third-order valence-corrected chi connectivity index (χ3v) is 4.96. The smallest absolute Gasteiger partial charge is 0.255 e. The second-order valence-electron chi connectivity index (χ2n) is 6.93. The quantitative estimate of drug-likeness (QED) is 0.678. The van der Waals surface area contributed by atoms with Crippen molar-refractivity contribution in [1.29, 1.82) is 0 Å². The topological polar surface area (TPSA) is 67.3 Å². The number of hydrogen-bond acceptors (Lipinski definition) is 5. The minimum atomic E-state index is -0.181. The summed E-state index contributed by atoms with van der Waals surface area (Å²) in [6, 6.07) is 18.8. The van der Waals surface area contributed by atoms with E-state index >= 15 is 0 Å². The van der Waals surface area contributed by atoms with Crippen molar-refractivity contribution in [1.82, 2.24) is 10.2 Å². The third-order valence-electron chi connectivity index (χ3n) is 4.96. The Kier molecular flexibility index (Phi) is 5.70. The number of aromatic nitrogens is 2. The highest BCUT2D eigenvalue weighted by molar-refractivity contribution is 6.05. The fourth-order valence-electron chi connectivity index (χ4n) is 3.43. The molecule has 0 spiro atoms. The molecule has 1 amide bonds. The van der Waals surface area contributed by atoms with Gasteiger partial charge < -0.3 is 15.0 Å². The molecule has 0 saturated carbocycles. The van der Waals surface area contributed by atoms with E-state index in [0.29, 0.717) is 23.6 Å². The molecule has 0 unspecified atom stereocenters. The standard InChI is InChI=1S/C23H24N4O2/c1-2-29-21-8-4-3-7-20(21)24-23(28)18-11-9-17(10-12-18)19-13-14-22(26-25-19)27-15-5-6-16-27/h3-4,7-14H,2,5-6,15-16H2,1H3,(H,24,28). The summed E-state index contributed by atoms with van der Waals surface area (Å²) in [4.78, 5) is 14.9. The van der Waals surface area contributed by atoms with E-state index < -0.39 is 0 Å². The Morgan fingerprint density at radius 2 is 1.76 bits per heavy atom. The molecule has 1 fully saturated rings. The molecule has 0 bridgehead atoms. The van der Waals surface area contributed by atoms with Crippen LogP contribution in [0.1, 0.15) is 30.1 Å². The summed E-state index contributed by atoms with van der Waals surface area (Å²) in [7, 11) is 0. The van der Waals surface area contributed by atoms with E-state index in [0.717, 1.165) is 30.2 Å². The van der Waals surface area contributed by atoms with Crippen LogP contribution in [0.5, 0.6) is 5.75 Å². The average Bonchev–Trinajstić information content (AvgIpc) is 3.30. The number of nitrogens with zero attached hydrogens (tertiary/aromatic N) is 3. The number of rotatable bonds is 6. The number of ether oxygens (including phenoxy) is 1. The van der Waals surface area contributed by atoms with E-state index in [1.807, 2.05) is 55.5 Å². The first-order valence-corrected chi connectivity index (χ1v) is 9.97. The van der Waals surface area contributed by atoms with Gasteiger partial charge >= 0.3 is 0 Å². The molecule has 29 heavy (non-hydrogen) atoms. The Balaban J connectivity index is 1.45. The van der Waals surface area contributed by atoms with Gasteiger partial charge in [0.2, 0.25) is 0 Å². The summed E-state index contributed by atoms with van der Waals surface area (Å²) in [6.07, 6.45) is 2.42. The van der Waals surface area contributed by atoms with Crippen LogP contribution in [-0.2, 0) is 0 Å². The zero-order valence-corrected chi connectivity index (χ0v) is 16.5. The van der Waals surface area contributed by atoms with Gasteiger partial charge in [-0.2, -0.15) is 0 Å². The van der Waals surface area contributed by atoms with Gasteiger partial charge in [0, 0.05) is 24.2 Å². The molecule has 1 aliphatic heterocycles. The highest BCUT2D eigenvalue weighted by Crippen LogP contribution is 2.25. The summed E-state index contributed by atoms with van der Waals surface area (Å²) >= 11 is 0. The first-order valence-electron chi connectivity index (χ1n) is 9.97. The number of anilines is 2. The molecule has 4 rings (SSSR count). The number of para-hydroxylation sites is 2. The van der Waals surface area contributed by atoms with Gasteiger partial charge in [-0.1, -0.05) is 24.3 Å². The Morgan fingerprint density at radius 3 is 2.45 bits per heavy atom. The van der Waals surface area contributed by atoms with Gasteiger partial charge in [-0.05, 0) is 56.2 Å². The van der Waals surface area contributed by atoms with Crippen molar-refractivity contribution < 1.29 is 9.53 Å². The van der Waals surface area contributed by atoms with Crippen LogP contribution < -0.4 is 15.0 Å².